The molecule has 118 valence electrons. The molecule has 2 unspecified atom stereocenters. The summed E-state index contributed by atoms with van der Waals surface area (Å²) < 4.78 is 17.2. The second kappa shape index (κ2) is 8.25. The van der Waals surface area contributed by atoms with Crippen LogP contribution in [0.5, 0.6) is 11.5 Å². The van der Waals surface area contributed by atoms with Gasteiger partial charge in [-0.05, 0) is 44.0 Å². The van der Waals surface area contributed by atoms with Crippen molar-refractivity contribution in [1.82, 2.24) is 5.32 Å². The van der Waals surface area contributed by atoms with Crippen LogP contribution in [-0.4, -0.2) is 32.5 Å². The van der Waals surface area contributed by atoms with E-state index >= 15 is 0 Å². The monoisotopic (exact) mass is 293 g/mol. The molecule has 0 saturated carbocycles. The molecule has 21 heavy (non-hydrogen) atoms. The number of benzene rings is 1. The Bertz CT molecular complexity index is 436. The normalized spacial score (nSPS) is 16.5. The first-order chi connectivity index (χ1) is 10.3. The first kappa shape index (κ1) is 16.1. The highest BCUT2D eigenvalue weighted by molar-refractivity contribution is 5.44. The predicted molar refractivity (Wildman–Crippen MR) is 84.2 cm³/mol. The summed E-state index contributed by atoms with van der Waals surface area (Å²) in [6, 6.07) is 6.39. The van der Waals surface area contributed by atoms with Gasteiger partial charge < -0.3 is 19.5 Å². The second-order valence-corrected chi connectivity index (χ2v) is 5.24. The van der Waals surface area contributed by atoms with Gasteiger partial charge in [0.25, 0.3) is 0 Å². The van der Waals surface area contributed by atoms with Gasteiger partial charge in [-0.2, -0.15) is 0 Å². The van der Waals surface area contributed by atoms with E-state index in [2.05, 4.69) is 31.3 Å². The Hall–Kier alpha value is -1.26. The number of ether oxygens (including phenoxy) is 3. The van der Waals surface area contributed by atoms with E-state index in [9.17, 15) is 0 Å². The van der Waals surface area contributed by atoms with Gasteiger partial charge in [0.1, 0.15) is 13.2 Å². The van der Waals surface area contributed by atoms with E-state index in [0.29, 0.717) is 13.2 Å². The van der Waals surface area contributed by atoms with E-state index in [0.717, 1.165) is 37.5 Å². The van der Waals surface area contributed by atoms with Gasteiger partial charge in [0, 0.05) is 6.61 Å². The Morgan fingerprint density at radius 3 is 2.57 bits per heavy atom. The highest BCUT2D eigenvalue weighted by Gasteiger charge is 2.23. The minimum absolute atomic E-state index is 0.170. The maximum atomic E-state index is 5.91. The second-order valence-electron chi connectivity index (χ2n) is 5.24. The molecule has 1 aliphatic heterocycles. The molecule has 4 nitrogen and oxygen atoms in total. The van der Waals surface area contributed by atoms with Gasteiger partial charge in [0.05, 0.1) is 12.1 Å². The van der Waals surface area contributed by atoms with E-state index in [-0.39, 0.29) is 12.1 Å². The molecule has 2 rings (SSSR count). The van der Waals surface area contributed by atoms with Crippen molar-refractivity contribution in [3.63, 3.8) is 0 Å². The fourth-order valence-electron chi connectivity index (χ4n) is 2.68. The van der Waals surface area contributed by atoms with Gasteiger partial charge in [-0.25, -0.2) is 0 Å². The predicted octanol–water partition coefficient (Wildman–Crippen LogP) is 3.31. The summed E-state index contributed by atoms with van der Waals surface area (Å²) in [4.78, 5) is 0. The van der Waals surface area contributed by atoms with Crippen LogP contribution >= 0.6 is 0 Å². The molecule has 0 amide bonds. The van der Waals surface area contributed by atoms with Crippen molar-refractivity contribution in [1.29, 1.82) is 0 Å². The molecule has 1 N–H and O–H groups in total. The molecule has 1 aromatic rings. The third-order valence-corrected chi connectivity index (χ3v) is 3.69. The molecule has 0 bridgehead atoms. The number of rotatable bonds is 8. The Balaban J connectivity index is 2.22. The average Bonchev–Trinajstić information content (AvgIpc) is 2.54. The van der Waals surface area contributed by atoms with Gasteiger partial charge in [0.15, 0.2) is 11.5 Å². The Morgan fingerprint density at radius 1 is 1.14 bits per heavy atom. The van der Waals surface area contributed by atoms with Crippen LogP contribution in [0.2, 0.25) is 0 Å². The van der Waals surface area contributed by atoms with Crippen LogP contribution in [0.1, 0.15) is 45.2 Å². The average molecular weight is 293 g/mol. The molecule has 1 heterocycles. The zero-order valence-electron chi connectivity index (χ0n) is 13.4. The van der Waals surface area contributed by atoms with Crippen molar-refractivity contribution in [2.45, 2.75) is 45.8 Å². The van der Waals surface area contributed by atoms with Crippen molar-refractivity contribution in [2.75, 3.05) is 26.4 Å². The molecule has 1 aliphatic rings. The third-order valence-electron chi connectivity index (χ3n) is 3.69. The summed E-state index contributed by atoms with van der Waals surface area (Å²) in [5, 5.41) is 3.61. The first-order valence-corrected chi connectivity index (χ1v) is 8.04. The Kier molecular flexibility index (Phi) is 6.33. The number of nitrogens with one attached hydrogen (secondary N) is 1. The van der Waals surface area contributed by atoms with Gasteiger partial charge in [-0.15, -0.1) is 0 Å². The van der Waals surface area contributed by atoms with E-state index < -0.39 is 0 Å². The summed E-state index contributed by atoms with van der Waals surface area (Å²) >= 11 is 0. The lowest BCUT2D eigenvalue weighted by Crippen LogP contribution is -2.34. The summed E-state index contributed by atoms with van der Waals surface area (Å²) in [5.41, 5.74) is 1.20. The summed E-state index contributed by atoms with van der Waals surface area (Å²) in [7, 11) is 0. The van der Waals surface area contributed by atoms with Gasteiger partial charge in [-0.1, -0.05) is 19.9 Å². The van der Waals surface area contributed by atoms with Gasteiger partial charge >= 0.3 is 0 Å². The molecular weight excluding hydrogens is 266 g/mol. The van der Waals surface area contributed by atoms with Crippen LogP contribution < -0.4 is 14.8 Å². The van der Waals surface area contributed by atoms with Crippen LogP contribution in [0.3, 0.4) is 0 Å². The standard InChI is InChI=1S/C17H27NO3/c1-4-9-18-17(14(5-2)19-6-3)13-7-8-15-16(12-13)21-11-10-20-15/h7-8,12,14,17-18H,4-6,9-11H2,1-3H3. The maximum absolute atomic E-state index is 5.91. The SMILES string of the molecule is CCCNC(c1ccc2c(c1)OCCO2)C(CC)OCC. The van der Waals surface area contributed by atoms with E-state index in [1.54, 1.807) is 0 Å². The van der Waals surface area contributed by atoms with Crippen LogP contribution in [0.25, 0.3) is 0 Å². The molecule has 0 spiro atoms. The largest absolute Gasteiger partial charge is 0.486 e. The summed E-state index contributed by atoms with van der Waals surface area (Å²) in [6.45, 7) is 9.33. The number of hydrogen-bond donors (Lipinski definition) is 1. The quantitative estimate of drug-likeness (QED) is 0.798. The van der Waals surface area contributed by atoms with Crippen molar-refractivity contribution >= 4 is 0 Å². The first-order valence-electron chi connectivity index (χ1n) is 8.04. The minimum Gasteiger partial charge on any atom is -0.486 e. The van der Waals surface area contributed by atoms with Crippen LogP contribution in [0.15, 0.2) is 18.2 Å². The lowest BCUT2D eigenvalue weighted by Gasteiger charge is -2.29. The van der Waals surface area contributed by atoms with Gasteiger partial charge in [-0.3, -0.25) is 0 Å². The zero-order chi connectivity index (χ0) is 15.1. The van der Waals surface area contributed by atoms with Crippen LogP contribution in [0, 0.1) is 0 Å². The highest BCUT2D eigenvalue weighted by atomic mass is 16.6. The lowest BCUT2D eigenvalue weighted by molar-refractivity contribution is 0.0313. The van der Waals surface area contributed by atoms with Crippen molar-refractivity contribution in [3.8, 4) is 11.5 Å². The maximum Gasteiger partial charge on any atom is 0.161 e. The van der Waals surface area contributed by atoms with Crippen molar-refractivity contribution < 1.29 is 14.2 Å². The fraction of sp³-hybridized carbons (Fsp3) is 0.647. The molecule has 1 aromatic carbocycles. The molecule has 0 aliphatic carbocycles. The molecule has 0 radical (unpaired) electrons. The minimum atomic E-state index is 0.170. The third kappa shape index (κ3) is 4.11. The summed E-state index contributed by atoms with van der Waals surface area (Å²) in [6.07, 6.45) is 2.25. The Labute approximate surface area is 127 Å². The van der Waals surface area contributed by atoms with E-state index in [1.807, 2.05) is 13.0 Å². The van der Waals surface area contributed by atoms with Crippen molar-refractivity contribution in [3.05, 3.63) is 23.8 Å². The van der Waals surface area contributed by atoms with Crippen LogP contribution in [0.4, 0.5) is 0 Å². The lowest BCUT2D eigenvalue weighted by atomic mass is 9.98. The molecule has 4 heteroatoms. The topological polar surface area (TPSA) is 39.7 Å². The Morgan fingerprint density at radius 2 is 1.90 bits per heavy atom. The summed E-state index contributed by atoms with van der Waals surface area (Å²) in [5.74, 6) is 1.68. The van der Waals surface area contributed by atoms with E-state index in [4.69, 9.17) is 14.2 Å². The van der Waals surface area contributed by atoms with Crippen molar-refractivity contribution in [2.24, 2.45) is 0 Å². The van der Waals surface area contributed by atoms with E-state index in [1.165, 1.54) is 5.56 Å². The molecule has 2 atom stereocenters. The smallest absolute Gasteiger partial charge is 0.161 e. The highest BCUT2D eigenvalue weighted by Crippen LogP contribution is 2.34. The molecule has 0 fully saturated rings. The number of hydrogen-bond acceptors (Lipinski definition) is 4. The fourth-order valence-corrected chi connectivity index (χ4v) is 2.68. The molecule has 0 saturated heterocycles. The number of fused-ring (bicyclic) bond motifs is 1. The van der Waals surface area contributed by atoms with Gasteiger partial charge in [0.2, 0.25) is 0 Å². The van der Waals surface area contributed by atoms with Crippen LogP contribution in [-0.2, 0) is 4.74 Å². The molecule has 0 aromatic heterocycles. The molecular formula is C17H27NO3. The zero-order valence-corrected chi connectivity index (χ0v) is 13.4.